The van der Waals surface area contributed by atoms with Gasteiger partial charge in [0, 0.05) is 12.8 Å². The van der Waals surface area contributed by atoms with Crippen LogP contribution >= 0.6 is 0 Å². The Balaban J connectivity index is 4.13. The maximum atomic E-state index is 11.0. The molecular formula is C9H19NO4S. The van der Waals surface area contributed by atoms with Gasteiger partial charge in [-0.1, -0.05) is 13.8 Å². The van der Waals surface area contributed by atoms with Gasteiger partial charge in [0.2, 0.25) is 0 Å². The van der Waals surface area contributed by atoms with Crippen LogP contribution in [0, 0.1) is 11.8 Å². The Morgan fingerprint density at radius 2 is 1.87 bits per heavy atom. The van der Waals surface area contributed by atoms with Crippen LogP contribution in [0.4, 0.5) is 0 Å². The molecule has 0 aromatic rings. The van der Waals surface area contributed by atoms with E-state index in [9.17, 15) is 13.2 Å². The number of hydrogen-bond donors (Lipinski definition) is 2. The highest BCUT2D eigenvalue weighted by molar-refractivity contribution is 7.90. The Hall–Kier alpha value is -0.620. The number of aliphatic carboxylic acids is 1. The third-order valence-electron chi connectivity index (χ3n) is 1.80. The lowest BCUT2D eigenvalue weighted by Crippen LogP contribution is -2.34. The number of nitrogens with one attached hydrogen (secondary N) is 1. The van der Waals surface area contributed by atoms with Crippen molar-refractivity contribution in [3.63, 3.8) is 0 Å². The molecule has 0 heterocycles. The summed E-state index contributed by atoms with van der Waals surface area (Å²) in [6, 6.07) is 0. The second-order valence-corrected chi connectivity index (χ2v) is 6.36. The molecule has 0 aliphatic heterocycles. The van der Waals surface area contributed by atoms with Crippen LogP contribution in [0.2, 0.25) is 0 Å². The van der Waals surface area contributed by atoms with Gasteiger partial charge in [0.1, 0.15) is 9.84 Å². The van der Waals surface area contributed by atoms with E-state index in [-0.39, 0.29) is 12.3 Å². The Bertz CT molecular complexity index is 297. The summed E-state index contributed by atoms with van der Waals surface area (Å²) in [6.07, 6.45) is 1.05. The Morgan fingerprint density at radius 3 is 2.20 bits per heavy atom. The van der Waals surface area contributed by atoms with E-state index in [1.54, 1.807) is 0 Å². The van der Waals surface area contributed by atoms with Crippen LogP contribution in [0.1, 0.15) is 13.8 Å². The van der Waals surface area contributed by atoms with Crippen molar-refractivity contribution in [3.05, 3.63) is 0 Å². The summed E-state index contributed by atoms with van der Waals surface area (Å²) in [4.78, 5) is 10.7. The largest absolute Gasteiger partial charge is 0.481 e. The van der Waals surface area contributed by atoms with E-state index in [2.05, 4.69) is 5.32 Å². The molecule has 0 saturated carbocycles. The molecule has 0 amide bonds. The highest BCUT2D eigenvalue weighted by Crippen LogP contribution is 2.00. The van der Waals surface area contributed by atoms with Crippen LogP contribution < -0.4 is 5.32 Å². The average molecular weight is 237 g/mol. The van der Waals surface area contributed by atoms with Gasteiger partial charge in [-0.25, -0.2) is 8.42 Å². The zero-order chi connectivity index (χ0) is 12.1. The second kappa shape index (κ2) is 6.07. The molecule has 1 atom stereocenters. The van der Waals surface area contributed by atoms with Crippen molar-refractivity contribution in [3.8, 4) is 0 Å². The number of carbonyl (C=O) groups is 1. The van der Waals surface area contributed by atoms with Gasteiger partial charge in [0.05, 0.1) is 11.7 Å². The van der Waals surface area contributed by atoms with Gasteiger partial charge in [-0.3, -0.25) is 4.79 Å². The zero-order valence-electron chi connectivity index (χ0n) is 9.36. The molecule has 0 bridgehead atoms. The topological polar surface area (TPSA) is 83.5 Å². The number of carboxylic acids is 1. The molecular weight excluding hydrogens is 218 g/mol. The van der Waals surface area contributed by atoms with Crippen molar-refractivity contribution in [2.75, 3.05) is 25.1 Å². The Morgan fingerprint density at radius 1 is 1.33 bits per heavy atom. The molecule has 15 heavy (non-hydrogen) atoms. The maximum absolute atomic E-state index is 11.0. The van der Waals surface area contributed by atoms with E-state index < -0.39 is 21.7 Å². The average Bonchev–Trinajstić information content (AvgIpc) is 1.99. The van der Waals surface area contributed by atoms with Gasteiger partial charge in [-0.15, -0.1) is 0 Å². The number of carboxylic acid groups (broad SMARTS) is 1. The number of hydrogen-bond acceptors (Lipinski definition) is 4. The van der Waals surface area contributed by atoms with E-state index in [0.29, 0.717) is 12.5 Å². The van der Waals surface area contributed by atoms with Crippen molar-refractivity contribution in [2.45, 2.75) is 13.8 Å². The molecule has 0 aliphatic carbocycles. The van der Waals surface area contributed by atoms with Gasteiger partial charge in [-0.2, -0.15) is 0 Å². The van der Waals surface area contributed by atoms with Crippen LogP contribution in [0.3, 0.4) is 0 Å². The molecule has 0 spiro atoms. The molecule has 0 aliphatic rings. The number of rotatable bonds is 7. The van der Waals surface area contributed by atoms with Gasteiger partial charge in [0.15, 0.2) is 0 Å². The predicted molar refractivity (Wildman–Crippen MR) is 58.5 cm³/mol. The van der Waals surface area contributed by atoms with Crippen molar-refractivity contribution >= 4 is 15.8 Å². The molecule has 0 aromatic carbocycles. The fourth-order valence-corrected chi connectivity index (χ4v) is 2.12. The molecule has 0 rings (SSSR count). The maximum Gasteiger partial charge on any atom is 0.308 e. The third kappa shape index (κ3) is 8.38. The van der Waals surface area contributed by atoms with Crippen LogP contribution in [-0.4, -0.2) is 44.6 Å². The van der Waals surface area contributed by atoms with Crippen molar-refractivity contribution in [1.82, 2.24) is 5.32 Å². The first-order valence-electron chi connectivity index (χ1n) is 4.83. The first-order chi connectivity index (χ1) is 6.72. The van der Waals surface area contributed by atoms with E-state index >= 15 is 0 Å². The van der Waals surface area contributed by atoms with Crippen LogP contribution in [-0.2, 0) is 14.6 Å². The lowest BCUT2D eigenvalue weighted by molar-refractivity contribution is -0.140. The van der Waals surface area contributed by atoms with Gasteiger partial charge < -0.3 is 10.4 Å². The molecule has 5 nitrogen and oxygen atoms in total. The van der Waals surface area contributed by atoms with E-state index in [1.165, 1.54) is 0 Å². The molecule has 6 heteroatoms. The zero-order valence-corrected chi connectivity index (χ0v) is 10.2. The van der Waals surface area contributed by atoms with Crippen LogP contribution in [0.15, 0.2) is 0 Å². The second-order valence-electron chi connectivity index (χ2n) is 4.18. The van der Waals surface area contributed by atoms with Crippen molar-refractivity contribution < 1.29 is 18.3 Å². The Kier molecular flexibility index (Phi) is 5.82. The first-order valence-corrected chi connectivity index (χ1v) is 6.89. The summed E-state index contributed by atoms with van der Waals surface area (Å²) in [7, 11) is -3.24. The van der Waals surface area contributed by atoms with Crippen LogP contribution in [0.5, 0.6) is 0 Å². The van der Waals surface area contributed by atoms with Crippen LogP contribution in [0.25, 0.3) is 0 Å². The monoisotopic (exact) mass is 237 g/mol. The summed E-state index contributed by atoms with van der Waals surface area (Å²) in [5.74, 6) is -1.83. The smallest absolute Gasteiger partial charge is 0.308 e. The lowest BCUT2D eigenvalue weighted by Gasteiger charge is -2.13. The summed E-state index contributed by atoms with van der Waals surface area (Å²) in [5, 5.41) is 11.7. The van der Waals surface area contributed by atoms with E-state index in [4.69, 9.17) is 5.11 Å². The summed E-state index contributed by atoms with van der Waals surface area (Å²) >= 11 is 0. The van der Waals surface area contributed by atoms with Gasteiger partial charge >= 0.3 is 5.97 Å². The lowest BCUT2D eigenvalue weighted by atomic mass is 10.1. The highest BCUT2D eigenvalue weighted by Gasteiger charge is 2.22. The summed E-state index contributed by atoms with van der Waals surface area (Å²) < 4.78 is 21.9. The third-order valence-corrected chi connectivity index (χ3v) is 2.80. The van der Waals surface area contributed by atoms with Gasteiger partial charge in [0.25, 0.3) is 0 Å². The summed E-state index contributed by atoms with van der Waals surface area (Å²) in [5.41, 5.74) is 0. The minimum absolute atomic E-state index is 0.195. The predicted octanol–water partition coefficient (Wildman–Crippen LogP) is -0.0226. The fraction of sp³-hybridized carbons (Fsp3) is 0.889. The minimum Gasteiger partial charge on any atom is -0.481 e. The fourth-order valence-electron chi connectivity index (χ4n) is 1.13. The molecule has 0 saturated heterocycles. The van der Waals surface area contributed by atoms with Crippen molar-refractivity contribution in [2.24, 2.45) is 11.8 Å². The molecule has 2 N–H and O–H groups in total. The van der Waals surface area contributed by atoms with E-state index in [1.807, 2.05) is 13.8 Å². The minimum atomic E-state index is -3.24. The summed E-state index contributed by atoms with van der Waals surface area (Å²) in [6.45, 7) is 4.88. The normalized spacial score (nSPS) is 14.1. The molecule has 0 aromatic heterocycles. The first kappa shape index (κ1) is 14.4. The SMILES string of the molecule is CC(C)CNCC(CS(C)(=O)=O)C(=O)O. The quantitative estimate of drug-likeness (QED) is 0.650. The standard InChI is InChI=1S/C9H19NO4S/c1-7(2)4-10-5-8(9(11)12)6-15(3,13)14/h7-8,10H,4-6H2,1-3H3,(H,11,12). The van der Waals surface area contributed by atoms with Crippen molar-refractivity contribution in [1.29, 1.82) is 0 Å². The van der Waals surface area contributed by atoms with Gasteiger partial charge in [-0.05, 0) is 12.5 Å². The molecule has 1 unspecified atom stereocenters. The Labute approximate surface area is 90.8 Å². The molecule has 0 radical (unpaired) electrons. The molecule has 90 valence electrons. The molecule has 0 fully saturated rings. The van der Waals surface area contributed by atoms with E-state index in [0.717, 1.165) is 6.26 Å². The number of sulfone groups is 1. The highest BCUT2D eigenvalue weighted by atomic mass is 32.2.